The van der Waals surface area contributed by atoms with Crippen molar-refractivity contribution >= 4 is 0 Å². The second-order valence-electron chi connectivity index (χ2n) is 5.87. The molecule has 1 fully saturated rings. The first-order valence-corrected chi connectivity index (χ1v) is 6.10. The van der Waals surface area contributed by atoms with Crippen LogP contribution in [0.15, 0.2) is 0 Å². The van der Waals surface area contributed by atoms with Gasteiger partial charge in [-0.3, -0.25) is 0 Å². The van der Waals surface area contributed by atoms with Crippen LogP contribution in [0, 0.1) is 22.7 Å². The minimum absolute atomic E-state index is 0.163. The monoisotopic (exact) mass is 208 g/mol. The van der Waals surface area contributed by atoms with E-state index in [1.165, 1.54) is 19.4 Å². The molecule has 0 aromatic carbocycles. The SMILES string of the molecule is CC(C)CN(CCC(C)(C)C#N)C1CC1. The van der Waals surface area contributed by atoms with Gasteiger partial charge in [-0.1, -0.05) is 13.8 Å². The van der Waals surface area contributed by atoms with Crippen LogP contribution in [0.1, 0.15) is 47.0 Å². The molecule has 86 valence electrons. The highest BCUT2D eigenvalue weighted by atomic mass is 15.2. The van der Waals surface area contributed by atoms with E-state index >= 15 is 0 Å². The van der Waals surface area contributed by atoms with E-state index in [4.69, 9.17) is 5.26 Å². The van der Waals surface area contributed by atoms with Gasteiger partial charge in [-0.05, 0) is 45.6 Å². The van der Waals surface area contributed by atoms with E-state index in [1.807, 2.05) is 13.8 Å². The third-order valence-corrected chi connectivity index (χ3v) is 2.99. The standard InChI is InChI=1S/C13H24N2/c1-11(2)9-15(12-5-6-12)8-7-13(3,4)10-14/h11-12H,5-9H2,1-4H3. The highest BCUT2D eigenvalue weighted by molar-refractivity contribution is 4.93. The summed E-state index contributed by atoms with van der Waals surface area (Å²) in [6.07, 6.45) is 3.71. The van der Waals surface area contributed by atoms with Crippen LogP contribution in [-0.2, 0) is 0 Å². The van der Waals surface area contributed by atoms with Crippen LogP contribution in [0.2, 0.25) is 0 Å². The number of hydrogen-bond donors (Lipinski definition) is 0. The third kappa shape index (κ3) is 4.66. The Balaban J connectivity index is 2.35. The number of nitrogens with zero attached hydrogens (tertiary/aromatic N) is 2. The molecule has 0 amide bonds. The molecule has 2 heteroatoms. The van der Waals surface area contributed by atoms with Gasteiger partial charge in [0.15, 0.2) is 0 Å². The fourth-order valence-electron chi connectivity index (χ4n) is 1.81. The van der Waals surface area contributed by atoms with Gasteiger partial charge < -0.3 is 4.90 Å². The normalized spacial score (nSPS) is 17.1. The van der Waals surface area contributed by atoms with E-state index in [2.05, 4.69) is 24.8 Å². The van der Waals surface area contributed by atoms with Crippen LogP contribution < -0.4 is 0 Å². The summed E-state index contributed by atoms with van der Waals surface area (Å²) in [6.45, 7) is 10.9. The second kappa shape index (κ2) is 4.99. The summed E-state index contributed by atoms with van der Waals surface area (Å²) >= 11 is 0. The van der Waals surface area contributed by atoms with Crippen molar-refractivity contribution in [3.63, 3.8) is 0 Å². The summed E-state index contributed by atoms with van der Waals surface area (Å²) in [5.41, 5.74) is -0.163. The molecule has 0 aromatic rings. The van der Waals surface area contributed by atoms with Crippen molar-refractivity contribution in [1.82, 2.24) is 4.90 Å². The largest absolute Gasteiger partial charge is 0.300 e. The van der Waals surface area contributed by atoms with Crippen LogP contribution in [0.4, 0.5) is 0 Å². The minimum Gasteiger partial charge on any atom is -0.300 e. The lowest BCUT2D eigenvalue weighted by atomic mass is 9.91. The van der Waals surface area contributed by atoms with Crippen molar-refractivity contribution < 1.29 is 0 Å². The summed E-state index contributed by atoms with van der Waals surface area (Å²) in [4.78, 5) is 2.57. The van der Waals surface area contributed by atoms with Gasteiger partial charge in [-0.2, -0.15) is 5.26 Å². The van der Waals surface area contributed by atoms with Crippen molar-refractivity contribution in [3.05, 3.63) is 0 Å². The van der Waals surface area contributed by atoms with Gasteiger partial charge in [0, 0.05) is 12.6 Å². The molecule has 2 nitrogen and oxygen atoms in total. The molecule has 1 aliphatic carbocycles. The molecule has 15 heavy (non-hydrogen) atoms. The zero-order valence-electron chi connectivity index (χ0n) is 10.6. The third-order valence-electron chi connectivity index (χ3n) is 2.99. The molecule has 0 N–H and O–H groups in total. The highest BCUT2D eigenvalue weighted by Crippen LogP contribution is 2.29. The fraction of sp³-hybridized carbons (Fsp3) is 0.923. The Morgan fingerprint density at radius 1 is 1.40 bits per heavy atom. The lowest BCUT2D eigenvalue weighted by Crippen LogP contribution is -2.33. The Kier molecular flexibility index (Phi) is 4.16. The molecule has 0 unspecified atom stereocenters. The first-order chi connectivity index (χ1) is 6.94. The summed E-state index contributed by atoms with van der Waals surface area (Å²) in [5, 5.41) is 8.97. The van der Waals surface area contributed by atoms with Gasteiger partial charge in [-0.25, -0.2) is 0 Å². The van der Waals surface area contributed by atoms with Crippen LogP contribution >= 0.6 is 0 Å². The Bertz CT molecular complexity index is 233. The fourth-order valence-corrected chi connectivity index (χ4v) is 1.81. The van der Waals surface area contributed by atoms with E-state index in [9.17, 15) is 0 Å². The molecule has 0 aliphatic heterocycles. The molecule has 1 saturated carbocycles. The quantitative estimate of drug-likeness (QED) is 0.671. The predicted molar refractivity (Wildman–Crippen MR) is 63.4 cm³/mol. The highest BCUT2D eigenvalue weighted by Gasteiger charge is 2.30. The molecular weight excluding hydrogens is 184 g/mol. The molecule has 1 rings (SSSR count). The average molecular weight is 208 g/mol. The zero-order chi connectivity index (χ0) is 11.5. The van der Waals surface area contributed by atoms with Gasteiger partial charge in [-0.15, -0.1) is 0 Å². The van der Waals surface area contributed by atoms with Crippen LogP contribution in [-0.4, -0.2) is 24.0 Å². The number of nitriles is 1. The predicted octanol–water partition coefficient (Wildman–Crippen LogP) is 3.05. The van der Waals surface area contributed by atoms with Crippen molar-refractivity contribution in [1.29, 1.82) is 5.26 Å². The van der Waals surface area contributed by atoms with Crippen LogP contribution in [0.3, 0.4) is 0 Å². The summed E-state index contributed by atoms with van der Waals surface area (Å²) in [7, 11) is 0. The lowest BCUT2D eigenvalue weighted by molar-refractivity contribution is 0.210. The average Bonchev–Trinajstić information content (AvgIpc) is 2.95. The minimum atomic E-state index is -0.163. The molecule has 0 atom stereocenters. The topological polar surface area (TPSA) is 27.0 Å². The van der Waals surface area contributed by atoms with Crippen molar-refractivity contribution in [2.24, 2.45) is 11.3 Å². The molecule has 0 spiro atoms. The zero-order valence-corrected chi connectivity index (χ0v) is 10.6. The maximum absolute atomic E-state index is 8.97. The van der Waals surface area contributed by atoms with Crippen molar-refractivity contribution in [3.8, 4) is 6.07 Å². The molecule has 0 radical (unpaired) electrons. The molecule has 0 saturated heterocycles. The Labute approximate surface area is 94.3 Å². The first kappa shape index (κ1) is 12.5. The van der Waals surface area contributed by atoms with Gasteiger partial charge in [0.1, 0.15) is 0 Å². The van der Waals surface area contributed by atoms with Gasteiger partial charge in [0.25, 0.3) is 0 Å². The first-order valence-electron chi connectivity index (χ1n) is 6.10. The van der Waals surface area contributed by atoms with E-state index in [0.717, 1.165) is 24.9 Å². The van der Waals surface area contributed by atoms with Crippen LogP contribution in [0.25, 0.3) is 0 Å². The molecule has 0 heterocycles. The second-order valence-corrected chi connectivity index (χ2v) is 5.87. The molecule has 1 aliphatic rings. The Morgan fingerprint density at radius 2 is 2.00 bits per heavy atom. The van der Waals surface area contributed by atoms with E-state index < -0.39 is 0 Å². The molecule has 0 bridgehead atoms. The van der Waals surface area contributed by atoms with Crippen molar-refractivity contribution in [2.45, 2.75) is 53.0 Å². The Hall–Kier alpha value is -0.550. The number of hydrogen-bond acceptors (Lipinski definition) is 2. The van der Waals surface area contributed by atoms with E-state index in [1.54, 1.807) is 0 Å². The van der Waals surface area contributed by atoms with Gasteiger partial charge >= 0.3 is 0 Å². The maximum Gasteiger partial charge on any atom is 0.0684 e. The lowest BCUT2D eigenvalue weighted by Gasteiger charge is -2.26. The van der Waals surface area contributed by atoms with E-state index in [0.29, 0.717) is 0 Å². The summed E-state index contributed by atoms with van der Waals surface area (Å²) < 4.78 is 0. The van der Waals surface area contributed by atoms with Crippen LogP contribution in [0.5, 0.6) is 0 Å². The molecule has 0 aromatic heterocycles. The summed E-state index contributed by atoms with van der Waals surface area (Å²) in [6, 6.07) is 3.20. The molecular formula is C13H24N2. The maximum atomic E-state index is 8.97. The van der Waals surface area contributed by atoms with E-state index in [-0.39, 0.29) is 5.41 Å². The van der Waals surface area contributed by atoms with Gasteiger partial charge in [0.2, 0.25) is 0 Å². The van der Waals surface area contributed by atoms with Gasteiger partial charge in [0.05, 0.1) is 11.5 Å². The smallest absolute Gasteiger partial charge is 0.0684 e. The van der Waals surface area contributed by atoms with Crippen molar-refractivity contribution in [2.75, 3.05) is 13.1 Å². The Morgan fingerprint density at radius 3 is 2.40 bits per heavy atom. The summed E-state index contributed by atoms with van der Waals surface area (Å²) in [5.74, 6) is 0.732. The number of rotatable bonds is 6.